The van der Waals surface area contributed by atoms with E-state index in [9.17, 15) is 4.79 Å². The summed E-state index contributed by atoms with van der Waals surface area (Å²) in [7, 11) is 0. The van der Waals surface area contributed by atoms with Crippen LogP contribution in [0.3, 0.4) is 0 Å². The van der Waals surface area contributed by atoms with Crippen LogP contribution in [0, 0.1) is 5.92 Å². The molecule has 1 amide bonds. The fourth-order valence-electron chi connectivity index (χ4n) is 1.87. The predicted molar refractivity (Wildman–Crippen MR) is 80.8 cm³/mol. The summed E-state index contributed by atoms with van der Waals surface area (Å²) in [4.78, 5) is 12.3. The zero-order valence-corrected chi connectivity index (χ0v) is 11.7. The number of hydrogen-bond acceptors (Lipinski definition) is 2. The molecule has 1 N–H and O–H groups in total. The predicted octanol–water partition coefficient (Wildman–Crippen LogP) is 3.73. The van der Waals surface area contributed by atoms with Gasteiger partial charge >= 0.3 is 0 Å². The van der Waals surface area contributed by atoms with Gasteiger partial charge in [-0.15, -0.1) is 0 Å². The molecule has 20 heavy (non-hydrogen) atoms. The van der Waals surface area contributed by atoms with Crippen molar-refractivity contribution in [3.05, 3.63) is 60.7 Å². The van der Waals surface area contributed by atoms with Gasteiger partial charge in [0.1, 0.15) is 5.75 Å². The summed E-state index contributed by atoms with van der Waals surface area (Å²) in [6, 6.07) is 18.8. The minimum Gasteiger partial charge on any atom is -0.480 e. The highest BCUT2D eigenvalue weighted by atomic mass is 16.5. The number of benzene rings is 2. The molecule has 104 valence electrons. The van der Waals surface area contributed by atoms with Crippen molar-refractivity contribution in [3.8, 4) is 5.75 Å². The molecule has 0 spiro atoms. The van der Waals surface area contributed by atoms with Gasteiger partial charge in [-0.05, 0) is 30.2 Å². The lowest BCUT2D eigenvalue weighted by atomic mass is 10.1. The van der Waals surface area contributed by atoms with Crippen LogP contribution < -0.4 is 10.1 Å². The van der Waals surface area contributed by atoms with Gasteiger partial charge in [-0.3, -0.25) is 4.79 Å². The molecule has 0 aromatic heterocycles. The Hall–Kier alpha value is -2.29. The van der Waals surface area contributed by atoms with Gasteiger partial charge in [0.05, 0.1) is 0 Å². The van der Waals surface area contributed by atoms with E-state index < -0.39 is 6.10 Å². The van der Waals surface area contributed by atoms with Crippen molar-refractivity contribution in [3.63, 3.8) is 0 Å². The third-order valence-electron chi connectivity index (χ3n) is 2.91. The minimum atomic E-state index is -0.516. The maximum absolute atomic E-state index is 12.3. The average Bonchev–Trinajstić information content (AvgIpc) is 2.46. The highest BCUT2D eigenvalue weighted by molar-refractivity contribution is 5.94. The number of rotatable bonds is 5. The second kappa shape index (κ2) is 6.75. The third kappa shape index (κ3) is 3.85. The molecule has 2 aromatic carbocycles. The number of carbonyl (C=O) groups excluding carboxylic acids is 1. The molecule has 3 nitrogen and oxygen atoms in total. The van der Waals surface area contributed by atoms with Gasteiger partial charge in [0.2, 0.25) is 0 Å². The van der Waals surface area contributed by atoms with Crippen molar-refractivity contribution in [2.75, 3.05) is 5.32 Å². The Kier molecular flexibility index (Phi) is 4.77. The molecule has 0 saturated heterocycles. The first-order valence-electron chi connectivity index (χ1n) is 6.74. The van der Waals surface area contributed by atoms with Crippen LogP contribution in [-0.2, 0) is 4.79 Å². The van der Waals surface area contributed by atoms with E-state index in [1.807, 2.05) is 74.5 Å². The summed E-state index contributed by atoms with van der Waals surface area (Å²) in [6.45, 7) is 3.94. The monoisotopic (exact) mass is 269 g/mol. The largest absolute Gasteiger partial charge is 0.480 e. The van der Waals surface area contributed by atoms with Gasteiger partial charge in [0.15, 0.2) is 6.10 Å². The lowest BCUT2D eigenvalue weighted by Gasteiger charge is -2.21. The first kappa shape index (κ1) is 14.1. The van der Waals surface area contributed by atoms with E-state index in [4.69, 9.17) is 4.74 Å². The van der Waals surface area contributed by atoms with Crippen molar-refractivity contribution in [1.82, 2.24) is 0 Å². The van der Waals surface area contributed by atoms with Gasteiger partial charge in [0, 0.05) is 5.69 Å². The Balaban J connectivity index is 2.07. The maximum Gasteiger partial charge on any atom is 0.265 e. The minimum absolute atomic E-state index is 0.0823. The second-order valence-electron chi connectivity index (χ2n) is 4.95. The number of para-hydroxylation sites is 2. The standard InChI is InChI=1S/C17H19NO2/c1-13(2)16(20-15-11-7-4-8-12-15)17(19)18-14-9-5-3-6-10-14/h3-13,16H,1-2H3,(H,18,19). The normalized spacial score (nSPS) is 11.9. The molecule has 2 aromatic rings. The molecule has 0 aliphatic carbocycles. The Morgan fingerprint density at radius 3 is 2.05 bits per heavy atom. The molecular weight excluding hydrogens is 250 g/mol. The van der Waals surface area contributed by atoms with Crippen molar-refractivity contribution < 1.29 is 9.53 Å². The van der Waals surface area contributed by atoms with Crippen LogP contribution in [0.25, 0.3) is 0 Å². The average molecular weight is 269 g/mol. The molecule has 0 radical (unpaired) electrons. The number of carbonyl (C=O) groups is 1. The Morgan fingerprint density at radius 1 is 0.950 bits per heavy atom. The molecule has 0 saturated carbocycles. The summed E-state index contributed by atoms with van der Waals surface area (Å²) in [5, 5.41) is 2.88. The van der Waals surface area contributed by atoms with Crippen LogP contribution in [0.5, 0.6) is 5.75 Å². The molecule has 0 bridgehead atoms. The van der Waals surface area contributed by atoms with E-state index in [0.29, 0.717) is 5.75 Å². The van der Waals surface area contributed by atoms with Crippen molar-refractivity contribution in [1.29, 1.82) is 0 Å². The summed E-state index contributed by atoms with van der Waals surface area (Å²) in [5.41, 5.74) is 0.778. The van der Waals surface area contributed by atoms with E-state index in [1.54, 1.807) is 0 Å². The van der Waals surface area contributed by atoms with Crippen LogP contribution in [0.4, 0.5) is 5.69 Å². The van der Waals surface area contributed by atoms with Gasteiger partial charge in [-0.2, -0.15) is 0 Å². The zero-order chi connectivity index (χ0) is 14.4. The first-order valence-corrected chi connectivity index (χ1v) is 6.74. The molecule has 0 aliphatic heterocycles. The Labute approximate surface area is 119 Å². The smallest absolute Gasteiger partial charge is 0.265 e. The Bertz CT molecular complexity index is 537. The fraction of sp³-hybridized carbons (Fsp3) is 0.235. The van der Waals surface area contributed by atoms with E-state index in [0.717, 1.165) is 5.69 Å². The van der Waals surface area contributed by atoms with E-state index in [1.165, 1.54) is 0 Å². The molecule has 0 aliphatic rings. The number of ether oxygens (including phenoxy) is 1. The molecular formula is C17H19NO2. The van der Waals surface area contributed by atoms with E-state index in [-0.39, 0.29) is 11.8 Å². The van der Waals surface area contributed by atoms with Crippen LogP contribution in [-0.4, -0.2) is 12.0 Å². The number of anilines is 1. The molecule has 0 fully saturated rings. The van der Waals surface area contributed by atoms with Crippen LogP contribution >= 0.6 is 0 Å². The third-order valence-corrected chi connectivity index (χ3v) is 2.91. The maximum atomic E-state index is 12.3. The van der Waals surface area contributed by atoms with Crippen LogP contribution in [0.2, 0.25) is 0 Å². The SMILES string of the molecule is CC(C)C(Oc1ccccc1)C(=O)Nc1ccccc1. The summed E-state index contributed by atoms with van der Waals surface area (Å²) in [5.74, 6) is 0.656. The zero-order valence-electron chi connectivity index (χ0n) is 11.7. The topological polar surface area (TPSA) is 38.3 Å². The quantitative estimate of drug-likeness (QED) is 0.898. The number of nitrogens with one attached hydrogen (secondary N) is 1. The number of hydrogen-bond donors (Lipinski definition) is 1. The molecule has 3 heteroatoms. The van der Waals surface area contributed by atoms with Crippen molar-refractivity contribution in [2.45, 2.75) is 20.0 Å². The van der Waals surface area contributed by atoms with Gasteiger partial charge in [-0.1, -0.05) is 50.2 Å². The molecule has 1 atom stereocenters. The summed E-state index contributed by atoms with van der Waals surface area (Å²) < 4.78 is 5.80. The van der Waals surface area contributed by atoms with E-state index in [2.05, 4.69) is 5.32 Å². The fourth-order valence-corrected chi connectivity index (χ4v) is 1.87. The van der Waals surface area contributed by atoms with Gasteiger partial charge < -0.3 is 10.1 Å². The van der Waals surface area contributed by atoms with Gasteiger partial charge in [-0.25, -0.2) is 0 Å². The number of amides is 1. The summed E-state index contributed by atoms with van der Waals surface area (Å²) >= 11 is 0. The molecule has 1 unspecified atom stereocenters. The first-order chi connectivity index (χ1) is 9.66. The lowest BCUT2D eigenvalue weighted by Crippen LogP contribution is -2.37. The van der Waals surface area contributed by atoms with Crippen LogP contribution in [0.15, 0.2) is 60.7 Å². The van der Waals surface area contributed by atoms with Crippen molar-refractivity contribution >= 4 is 11.6 Å². The Morgan fingerprint density at radius 2 is 1.50 bits per heavy atom. The van der Waals surface area contributed by atoms with Gasteiger partial charge in [0.25, 0.3) is 5.91 Å². The molecule has 0 heterocycles. The lowest BCUT2D eigenvalue weighted by molar-refractivity contribution is -0.124. The second-order valence-corrected chi connectivity index (χ2v) is 4.95. The molecule has 2 rings (SSSR count). The highest BCUT2D eigenvalue weighted by Crippen LogP contribution is 2.17. The summed E-state index contributed by atoms with van der Waals surface area (Å²) in [6.07, 6.45) is -0.516. The van der Waals surface area contributed by atoms with Crippen LogP contribution in [0.1, 0.15) is 13.8 Å². The highest BCUT2D eigenvalue weighted by Gasteiger charge is 2.24. The van der Waals surface area contributed by atoms with E-state index >= 15 is 0 Å². The van der Waals surface area contributed by atoms with Crippen molar-refractivity contribution in [2.24, 2.45) is 5.92 Å².